The van der Waals surface area contributed by atoms with Gasteiger partial charge >= 0.3 is 0 Å². The maximum atomic E-state index is 14.0. The van der Waals surface area contributed by atoms with Crippen LogP contribution >= 0.6 is 0 Å². The van der Waals surface area contributed by atoms with Gasteiger partial charge in [0, 0.05) is 18.7 Å². The molecule has 24 heavy (non-hydrogen) atoms. The molecule has 0 spiro atoms. The number of hydrogen-bond donors (Lipinski definition) is 0. The number of ether oxygens (including phenoxy) is 1. The van der Waals surface area contributed by atoms with Crippen molar-refractivity contribution in [2.24, 2.45) is 0 Å². The van der Waals surface area contributed by atoms with Crippen LogP contribution in [0.3, 0.4) is 0 Å². The van der Waals surface area contributed by atoms with Crippen LogP contribution in [-0.4, -0.2) is 32.4 Å². The lowest BCUT2D eigenvalue weighted by Crippen LogP contribution is -2.42. The van der Waals surface area contributed by atoms with Gasteiger partial charge in [0.2, 0.25) is 10.0 Å². The quantitative estimate of drug-likeness (QED) is 0.855. The summed E-state index contributed by atoms with van der Waals surface area (Å²) in [6.07, 6.45) is -0.597. The highest BCUT2D eigenvalue weighted by molar-refractivity contribution is 7.89. The molecule has 1 atom stereocenters. The van der Waals surface area contributed by atoms with E-state index in [1.807, 2.05) is 13.0 Å². The van der Waals surface area contributed by atoms with Crippen LogP contribution in [0.1, 0.15) is 22.8 Å². The number of aryl methyl sites for hydroxylation is 2. The molecular formula is C18H20FNO3S. The number of nitrogens with zero attached hydrogens (tertiary/aromatic N) is 1. The maximum Gasteiger partial charge on any atom is 0.243 e. The van der Waals surface area contributed by atoms with Gasteiger partial charge in [-0.15, -0.1) is 0 Å². The Balaban J connectivity index is 1.90. The first-order valence-electron chi connectivity index (χ1n) is 7.83. The van der Waals surface area contributed by atoms with Crippen LogP contribution in [0.2, 0.25) is 0 Å². The van der Waals surface area contributed by atoms with E-state index in [1.54, 1.807) is 37.3 Å². The van der Waals surface area contributed by atoms with Crippen LogP contribution in [0.15, 0.2) is 47.4 Å². The number of benzene rings is 2. The van der Waals surface area contributed by atoms with Crippen molar-refractivity contribution < 1.29 is 17.5 Å². The molecule has 1 heterocycles. The second-order valence-electron chi connectivity index (χ2n) is 6.01. The van der Waals surface area contributed by atoms with Crippen LogP contribution in [0.5, 0.6) is 0 Å². The first kappa shape index (κ1) is 17.1. The largest absolute Gasteiger partial charge is 0.371 e. The maximum absolute atomic E-state index is 14.0. The molecule has 1 aliphatic rings. The van der Waals surface area contributed by atoms with Crippen molar-refractivity contribution in [3.05, 3.63) is 65.0 Å². The molecule has 3 rings (SSSR count). The molecule has 0 N–H and O–H groups in total. The summed E-state index contributed by atoms with van der Waals surface area (Å²) in [5.41, 5.74) is 2.11. The Morgan fingerprint density at radius 3 is 2.62 bits per heavy atom. The fraction of sp³-hybridized carbons (Fsp3) is 0.333. The van der Waals surface area contributed by atoms with Crippen molar-refractivity contribution >= 4 is 10.0 Å². The Labute approximate surface area is 141 Å². The van der Waals surface area contributed by atoms with Gasteiger partial charge in [0.1, 0.15) is 5.82 Å². The van der Waals surface area contributed by atoms with Crippen LogP contribution in [0.25, 0.3) is 0 Å². The zero-order valence-corrected chi connectivity index (χ0v) is 14.5. The monoisotopic (exact) mass is 349 g/mol. The average Bonchev–Trinajstić information content (AvgIpc) is 2.55. The lowest BCUT2D eigenvalue weighted by molar-refractivity contribution is -0.00443. The van der Waals surface area contributed by atoms with Gasteiger partial charge in [0.05, 0.1) is 17.6 Å². The Bertz CT molecular complexity index is 851. The van der Waals surface area contributed by atoms with E-state index in [9.17, 15) is 12.8 Å². The molecule has 1 fully saturated rings. The summed E-state index contributed by atoms with van der Waals surface area (Å²) in [4.78, 5) is 0.294. The minimum Gasteiger partial charge on any atom is -0.371 e. The van der Waals surface area contributed by atoms with Gasteiger partial charge in [-0.05, 0) is 31.5 Å². The molecule has 4 nitrogen and oxygen atoms in total. The van der Waals surface area contributed by atoms with Crippen molar-refractivity contribution in [2.45, 2.75) is 24.8 Å². The standard InChI is InChI=1S/C18H20FNO3S/c1-13-7-8-18(14(2)11-13)24(21,22)20-9-10-23-17(12-20)15-5-3-4-6-16(15)19/h3-8,11,17H,9-10,12H2,1-2H3. The second-order valence-corrected chi connectivity index (χ2v) is 7.92. The third-order valence-electron chi connectivity index (χ3n) is 4.23. The van der Waals surface area contributed by atoms with Gasteiger partial charge in [0.15, 0.2) is 0 Å². The van der Waals surface area contributed by atoms with Crippen molar-refractivity contribution in [1.29, 1.82) is 0 Å². The molecule has 6 heteroatoms. The summed E-state index contributed by atoms with van der Waals surface area (Å²) in [6, 6.07) is 11.6. The molecule has 1 saturated heterocycles. The predicted molar refractivity (Wildman–Crippen MR) is 89.8 cm³/mol. The minimum absolute atomic E-state index is 0.108. The molecule has 0 bridgehead atoms. The smallest absolute Gasteiger partial charge is 0.243 e. The fourth-order valence-corrected chi connectivity index (χ4v) is 4.63. The van der Waals surface area contributed by atoms with Gasteiger partial charge in [-0.25, -0.2) is 12.8 Å². The fourth-order valence-electron chi connectivity index (χ4n) is 3.00. The number of halogens is 1. The highest BCUT2D eigenvalue weighted by atomic mass is 32.2. The number of hydrogen-bond acceptors (Lipinski definition) is 3. The highest BCUT2D eigenvalue weighted by Gasteiger charge is 2.33. The van der Waals surface area contributed by atoms with E-state index in [0.717, 1.165) is 5.56 Å². The second kappa shape index (κ2) is 6.63. The number of morpholine rings is 1. The van der Waals surface area contributed by atoms with Crippen LogP contribution in [-0.2, 0) is 14.8 Å². The van der Waals surface area contributed by atoms with Crippen molar-refractivity contribution in [3.63, 3.8) is 0 Å². The molecule has 1 aliphatic heterocycles. The van der Waals surface area contributed by atoms with Gasteiger partial charge in [-0.3, -0.25) is 0 Å². The summed E-state index contributed by atoms with van der Waals surface area (Å²) in [5.74, 6) is -0.381. The van der Waals surface area contributed by atoms with Gasteiger partial charge in [0.25, 0.3) is 0 Å². The molecular weight excluding hydrogens is 329 g/mol. The lowest BCUT2D eigenvalue weighted by atomic mass is 10.1. The zero-order valence-electron chi connectivity index (χ0n) is 13.7. The van der Waals surface area contributed by atoms with E-state index in [2.05, 4.69) is 0 Å². The third-order valence-corrected chi connectivity index (χ3v) is 6.25. The van der Waals surface area contributed by atoms with E-state index in [4.69, 9.17) is 4.74 Å². The van der Waals surface area contributed by atoms with Crippen molar-refractivity contribution in [1.82, 2.24) is 4.31 Å². The lowest BCUT2D eigenvalue weighted by Gasteiger charge is -2.32. The Morgan fingerprint density at radius 2 is 1.92 bits per heavy atom. The Hall–Kier alpha value is -1.76. The summed E-state index contributed by atoms with van der Waals surface area (Å²) in [7, 11) is -3.63. The van der Waals surface area contributed by atoms with Crippen molar-refractivity contribution in [3.8, 4) is 0 Å². The molecule has 0 saturated carbocycles. The first-order valence-corrected chi connectivity index (χ1v) is 9.27. The SMILES string of the molecule is Cc1ccc(S(=O)(=O)N2CCOC(c3ccccc3F)C2)c(C)c1. The minimum atomic E-state index is -3.63. The summed E-state index contributed by atoms with van der Waals surface area (Å²) in [5, 5.41) is 0. The molecule has 1 unspecified atom stereocenters. The molecule has 2 aromatic rings. The Kier molecular flexibility index (Phi) is 4.71. The average molecular weight is 349 g/mol. The van der Waals surface area contributed by atoms with Gasteiger partial charge in [-0.2, -0.15) is 4.31 Å². The number of sulfonamides is 1. The zero-order chi connectivity index (χ0) is 17.3. The van der Waals surface area contributed by atoms with E-state index >= 15 is 0 Å². The molecule has 0 aliphatic carbocycles. The summed E-state index contributed by atoms with van der Waals surface area (Å²) >= 11 is 0. The van der Waals surface area contributed by atoms with Gasteiger partial charge in [-0.1, -0.05) is 35.9 Å². The normalized spacial score (nSPS) is 19.4. The molecule has 0 aromatic heterocycles. The first-order chi connectivity index (χ1) is 11.4. The van der Waals surface area contributed by atoms with E-state index in [0.29, 0.717) is 16.0 Å². The van der Waals surface area contributed by atoms with E-state index in [1.165, 1.54) is 10.4 Å². The molecule has 0 radical (unpaired) electrons. The number of rotatable bonds is 3. The van der Waals surface area contributed by atoms with Crippen molar-refractivity contribution in [2.75, 3.05) is 19.7 Å². The summed E-state index contributed by atoms with van der Waals surface area (Å²) in [6.45, 7) is 4.32. The van der Waals surface area contributed by atoms with E-state index in [-0.39, 0.29) is 25.5 Å². The van der Waals surface area contributed by atoms with E-state index < -0.39 is 16.1 Å². The predicted octanol–water partition coefficient (Wildman–Crippen LogP) is 3.20. The van der Waals surface area contributed by atoms with Crippen LogP contribution in [0.4, 0.5) is 4.39 Å². The molecule has 0 amide bonds. The third kappa shape index (κ3) is 3.22. The van der Waals surface area contributed by atoms with Crippen LogP contribution < -0.4 is 0 Å². The molecule has 2 aromatic carbocycles. The molecule has 128 valence electrons. The van der Waals surface area contributed by atoms with Crippen LogP contribution in [0, 0.1) is 19.7 Å². The highest BCUT2D eigenvalue weighted by Crippen LogP contribution is 2.29. The van der Waals surface area contributed by atoms with Gasteiger partial charge < -0.3 is 4.74 Å². The summed E-state index contributed by atoms with van der Waals surface area (Å²) < 4.78 is 46.9. The topological polar surface area (TPSA) is 46.6 Å². The Morgan fingerprint density at radius 1 is 1.17 bits per heavy atom.